The topological polar surface area (TPSA) is 167 Å². The maximum atomic E-state index is 12.6. The molecule has 0 aromatic carbocycles. The van der Waals surface area contributed by atoms with Crippen molar-refractivity contribution in [3.8, 4) is 0 Å². The molecule has 0 aromatic heterocycles. The van der Waals surface area contributed by atoms with Gasteiger partial charge >= 0.3 is 17.9 Å². The molecule has 12 heteroatoms. The van der Waals surface area contributed by atoms with Crippen LogP contribution in [-0.2, 0) is 43.2 Å². The van der Waals surface area contributed by atoms with E-state index >= 15 is 0 Å². The van der Waals surface area contributed by atoms with Crippen LogP contribution in [0.1, 0.15) is 72.1 Å². The zero-order chi connectivity index (χ0) is 26.3. The van der Waals surface area contributed by atoms with Crippen LogP contribution in [0.5, 0.6) is 0 Å². The third-order valence-corrected chi connectivity index (χ3v) is 8.18. The molecule has 36 heavy (non-hydrogen) atoms. The van der Waals surface area contributed by atoms with Gasteiger partial charge in [0.05, 0.1) is 6.42 Å². The van der Waals surface area contributed by atoms with E-state index in [4.69, 9.17) is 29.1 Å². The van der Waals surface area contributed by atoms with E-state index in [1.807, 2.05) is 6.92 Å². The molecule has 0 aromatic rings. The molecule has 0 radical (unpaired) electrons. The van der Waals surface area contributed by atoms with Crippen LogP contribution in [0.2, 0.25) is 0 Å². The van der Waals surface area contributed by atoms with Crippen molar-refractivity contribution in [2.75, 3.05) is 0 Å². The minimum absolute atomic E-state index is 0.0215. The van der Waals surface area contributed by atoms with E-state index < -0.39 is 60.2 Å². The average molecular weight is 514 g/mol. The van der Waals surface area contributed by atoms with E-state index in [0.717, 1.165) is 19.3 Å². The predicted octanol–water partition coefficient (Wildman–Crippen LogP) is 1.95. The van der Waals surface area contributed by atoms with Gasteiger partial charge in [-0.1, -0.05) is 13.8 Å². The van der Waals surface area contributed by atoms with Gasteiger partial charge in [-0.15, -0.1) is 0 Å². The second-order valence-corrected chi connectivity index (χ2v) is 10.7. The quantitative estimate of drug-likeness (QED) is 0.304. The molecular formula is C24H35NO11. The van der Waals surface area contributed by atoms with Crippen molar-refractivity contribution in [3.05, 3.63) is 0 Å². The van der Waals surface area contributed by atoms with Crippen LogP contribution in [-0.4, -0.2) is 64.0 Å². The number of carboxylic acids is 2. The van der Waals surface area contributed by atoms with E-state index in [-0.39, 0.29) is 37.0 Å². The summed E-state index contributed by atoms with van der Waals surface area (Å²) < 4.78 is 18.0. The van der Waals surface area contributed by atoms with Crippen LogP contribution in [0.15, 0.2) is 0 Å². The second kappa shape index (κ2) is 10.2. The molecule has 5 aliphatic rings. The average Bonchev–Trinajstić information content (AvgIpc) is 3.04. The Morgan fingerprint density at radius 3 is 2.47 bits per heavy atom. The lowest BCUT2D eigenvalue weighted by Gasteiger charge is -2.59. The Labute approximate surface area is 208 Å². The van der Waals surface area contributed by atoms with Crippen LogP contribution >= 0.6 is 0 Å². The molecule has 1 amide bonds. The molecule has 4 saturated heterocycles. The van der Waals surface area contributed by atoms with Crippen molar-refractivity contribution in [2.24, 2.45) is 23.7 Å². The van der Waals surface area contributed by atoms with Crippen LogP contribution in [0, 0.1) is 23.7 Å². The molecular weight excluding hydrogens is 478 g/mol. The maximum Gasteiger partial charge on any atom is 0.326 e. The first kappa shape index (κ1) is 26.8. The maximum absolute atomic E-state index is 12.6. The minimum Gasteiger partial charge on any atom is -0.481 e. The van der Waals surface area contributed by atoms with E-state index in [1.54, 1.807) is 6.92 Å². The van der Waals surface area contributed by atoms with E-state index in [1.165, 1.54) is 0 Å². The largest absolute Gasteiger partial charge is 0.481 e. The molecule has 9 atom stereocenters. The molecule has 5 fully saturated rings. The van der Waals surface area contributed by atoms with Gasteiger partial charge in [-0.25, -0.2) is 14.6 Å². The third kappa shape index (κ3) is 5.09. The molecule has 1 spiro atoms. The molecule has 202 valence electrons. The summed E-state index contributed by atoms with van der Waals surface area (Å²) in [5, 5.41) is 20.2. The monoisotopic (exact) mass is 513 g/mol. The van der Waals surface area contributed by atoms with Gasteiger partial charge in [-0.05, 0) is 44.4 Å². The summed E-state index contributed by atoms with van der Waals surface area (Å²) in [6.07, 6.45) is 0.452. The van der Waals surface area contributed by atoms with Crippen LogP contribution < -0.4 is 5.32 Å². The molecule has 1 aliphatic carbocycles. The van der Waals surface area contributed by atoms with E-state index in [2.05, 4.69) is 12.2 Å². The number of carbonyl (C=O) groups excluding carboxylic acids is 2. The standard InChI is InChI=1S/C24H35NO11/c1-12-4-5-15-13(2)21(33-22-24(15)14(12)10-11-23(3,34-22)35-36-24)32-19(29)9-7-17(26)25-16(20(30)31)6-8-18(27)28/h12-16,21-22H,4-11H2,1-3H3,(H,25,26)(H,27,28)(H,30,31). The van der Waals surface area contributed by atoms with Crippen molar-refractivity contribution in [1.29, 1.82) is 0 Å². The van der Waals surface area contributed by atoms with Gasteiger partial charge in [0.1, 0.15) is 6.04 Å². The van der Waals surface area contributed by atoms with Crippen molar-refractivity contribution in [1.82, 2.24) is 5.32 Å². The van der Waals surface area contributed by atoms with Crippen molar-refractivity contribution in [2.45, 2.75) is 102 Å². The Morgan fingerprint density at radius 2 is 1.78 bits per heavy atom. The fourth-order valence-corrected chi connectivity index (χ4v) is 6.20. The zero-order valence-corrected chi connectivity index (χ0v) is 20.8. The van der Waals surface area contributed by atoms with Gasteiger partial charge in [-0.2, -0.15) is 0 Å². The molecule has 4 heterocycles. The lowest BCUT2D eigenvalue weighted by molar-refractivity contribution is -0.576. The third-order valence-electron chi connectivity index (χ3n) is 8.18. The van der Waals surface area contributed by atoms with Gasteiger partial charge in [-0.3, -0.25) is 14.4 Å². The summed E-state index contributed by atoms with van der Waals surface area (Å²) in [5.41, 5.74) is -0.780. The molecule has 9 unspecified atom stereocenters. The number of aliphatic carboxylic acids is 2. The van der Waals surface area contributed by atoms with Gasteiger partial charge < -0.3 is 29.7 Å². The molecule has 3 N–H and O–H groups in total. The Morgan fingerprint density at radius 1 is 1.03 bits per heavy atom. The summed E-state index contributed by atoms with van der Waals surface area (Å²) in [6, 6.07) is -1.35. The molecule has 2 bridgehead atoms. The number of hydrogen-bond donors (Lipinski definition) is 3. The van der Waals surface area contributed by atoms with Gasteiger partial charge in [0.15, 0.2) is 11.9 Å². The Bertz CT molecular complexity index is 895. The Hall–Kier alpha value is -2.28. The lowest BCUT2D eigenvalue weighted by atomic mass is 9.58. The number of carbonyl (C=O) groups is 4. The number of hydrogen-bond acceptors (Lipinski definition) is 9. The summed E-state index contributed by atoms with van der Waals surface area (Å²) in [5.74, 6) is -4.48. The highest BCUT2D eigenvalue weighted by Gasteiger charge is 2.69. The fourth-order valence-electron chi connectivity index (χ4n) is 6.20. The van der Waals surface area contributed by atoms with Crippen LogP contribution in [0.25, 0.3) is 0 Å². The van der Waals surface area contributed by atoms with Gasteiger partial charge in [0, 0.05) is 31.1 Å². The second-order valence-electron chi connectivity index (χ2n) is 10.7. The summed E-state index contributed by atoms with van der Waals surface area (Å²) in [6.45, 7) is 5.95. The molecule has 1 saturated carbocycles. The predicted molar refractivity (Wildman–Crippen MR) is 119 cm³/mol. The number of carboxylic acid groups (broad SMARTS) is 2. The fraction of sp³-hybridized carbons (Fsp3) is 0.833. The number of fused-ring (bicyclic) bond motifs is 2. The van der Waals surface area contributed by atoms with Crippen LogP contribution in [0.3, 0.4) is 0 Å². The van der Waals surface area contributed by atoms with E-state index in [9.17, 15) is 24.3 Å². The van der Waals surface area contributed by atoms with Gasteiger partial charge in [0.2, 0.25) is 18.0 Å². The molecule has 12 nitrogen and oxygen atoms in total. The molecule has 4 aliphatic heterocycles. The van der Waals surface area contributed by atoms with Gasteiger partial charge in [0.25, 0.3) is 0 Å². The first-order valence-corrected chi connectivity index (χ1v) is 12.6. The highest BCUT2D eigenvalue weighted by molar-refractivity contribution is 5.86. The highest BCUT2D eigenvalue weighted by atomic mass is 17.3. The number of esters is 1. The first-order valence-electron chi connectivity index (χ1n) is 12.6. The normalized spacial score (nSPS) is 39.9. The molecule has 5 rings (SSSR count). The first-order chi connectivity index (χ1) is 16.9. The number of amides is 1. The SMILES string of the molecule is CC1CCC2C(C)C(OC(=O)CCC(=O)NC(CCC(=O)O)C(=O)O)OC3OC4(C)CCC1C32OO4. The Kier molecular flexibility index (Phi) is 7.61. The summed E-state index contributed by atoms with van der Waals surface area (Å²) in [4.78, 5) is 58.5. The van der Waals surface area contributed by atoms with E-state index in [0.29, 0.717) is 12.3 Å². The number of rotatable bonds is 9. The number of nitrogens with one attached hydrogen (secondary N) is 1. The summed E-state index contributed by atoms with van der Waals surface area (Å²) >= 11 is 0. The lowest BCUT2D eigenvalue weighted by Crippen LogP contribution is -2.70. The van der Waals surface area contributed by atoms with Crippen molar-refractivity contribution < 1.29 is 53.4 Å². The Balaban J connectivity index is 1.36. The van der Waals surface area contributed by atoms with Crippen molar-refractivity contribution in [3.63, 3.8) is 0 Å². The van der Waals surface area contributed by atoms with Crippen LogP contribution in [0.4, 0.5) is 0 Å². The minimum atomic E-state index is -1.35. The smallest absolute Gasteiger partial charge is 0.326 e. The highest BCUT2D eigenvalue weighted by Crippen LogP contribution is 2.60. The zero-order valence-electron chi connectivity index (χ0n) is 20.8. The number of ether oxygens (including phenoxy) is 3. The summed E-state index contributed by atoms with van der Waals surface area (Å²) in [7, 11) is 0. The van der Waals surface area contributed by atoms with Crippen molar-refractivity contribution >= 4 is 23.8 Å².